The van der Waals surface area contributed by atoms with Crippen molar-refractivity contribution < 1.29 is 14.1 Å². The summed E-state index contributed by atoms with van der Waals surface area (Å²) >= 11 is 1.34. The Balaban J connectivity index is 1.63. The number of ether oxygens (including phenoxy) is 1. The fraction of sp³-hybridized carbons (Fsp3) is 0.167. The lowest BCUT2D eigenvalue weighted by molar-refractivity contribution is 0.102. The molecule has 0 spiro atoms. The second-order valence-electron chi connectivity index (χ2n) is 5.80. The molecule has 1 aromatic carbocycles. The highest BCUT2D eigenvalue weighted by Gasteiger charge is 2.19. The Kier molecular flexibility index (Phi) is 3.96. The number of thiazole rings is 1. The predicted molar refractivity (Wildman–Crippen MR) is 99.0 cm³/mol. The van der Waals surface area contributed by atoms with Crippen molar-refractivity contribution >= 4 is 28.0 Å². The molecule has 0 saturated heterocycles. The second kappa shape index (κ2) is 6.30. The van der Waals surface area contributed by atoms with Crippen molar-refractivity contribution in [1.82, 2.24) is 14.5 Å². The van der Waals surface area contributed by atoms with Crippen molar-refractivity contribution in [2.24, 2.45) is 0 Å². The van der Waals surface area contributed by atoms with Crippen LogP contribution in [0.4, 0.5) is 5.82 Å². The van der Waals surface area contributed by atoms with Crippen molar-refractivity contribution in [1.29, 1.82) is 0 Å². The van der Waals surface area contributed by atoms with E-state index in [0.717, 1.165) is 27.7 Å². The van der Waals surface area contributed by atoms with Gasteiger partial charge in [0.1, 0.15) is 16.4 Å². The number of nitrogens with one attached hydrogen (secondary N) is 1. The number of imidazole rings is 1. The second-order valence-corrected chi connectivity index (χ2v) is 6.78. The first-order valence-corrected chi connectivity index (χ1v) is 8.74. The van der Waals surface area contributed by atoms with Crippen LogP contribution in [0.2, 0.25) is 0 Å². The molecule has 1 N–H and O–H groups in total. The van der Waals surface area contributed by atoms with E-state index in [1.165, 1.54) is 11.3 Å². The highest BCUT2D eigenvalue weighted by molar-refractivity contribution is 7.19. The van der Waals surface area contributed by atoms with E-state index in [1.807, 2.05) is 41.8 Å². The molecule has 7 nitrogen and oxygen atoms in total. The summed E-state index contributed by atoms with van der Waals surface area (Å²) in [5.74, 6) is 1.62. The summed E-state index contributed by atoms with van der Waals surface area (Å²) in [6.45, 7) is 3.67. The van der Waals surface area contributed by atoms with Crippen LogP contribution in [0.3, 0.4) is 0 Å². The van der Waals surface area contributed by atoms with Gasteiger partial charge in [0.2, 0.25) is 0 Å². The number of amides is 1. The minimum atomic E-state index is -0.225. The molecule has 8 heteroatoms. The molecule has 0 atom stereocenters. The van der Waals surface area contributed by atoms with Gasteiger partial charge in [-0.1, -0.05) is 16.5 Å². The molecule has 1 amide bonds. The maximum atomic E-state index is 12.5. The highest BCUT2D eigenvalue weighted by atomic mass is 32.1. The molecule has 4 rings (SSSR count). The van der Waals surface area contributed by atoms with Gasteiger partial charge in [0, 0.05) is 23.5 Å². The van der Waals surface area contributed by atoms with E-state index in [0.29, 0.717) is 16.5 Å². The summed E-state index contributed by atoms with van der Waals surface area (Å²) in [6.07, 6.45) is 1.93. The quantitative estimate of drug-likeness (QED) is 0.590. The van der Waals surface area contributed by atoms with E-state index in [4.69, 9.17) is 9.26 Å². The average molecular weight is 368 g/mol. The molecule has 0 aliphatic heterocycles. The predicted octanol–water partition coefficient (Wildman–Crippen LogP) is 3.93. The minimum Gasteiger partial charge on any atom is -0.497 e. The van der Waals surface area contributed by atoms with Crippen LogP contribution in [0.1, 0.15) is 21.1 Å². The molecule has 0 fully saturated rings. The molecule has 0 radical (unpaired) electrons. The lowest BCUT2D eigenvalue weighted by Gasteiger charge is -2.01. The van der Waals surface area contributed by atoms with Crippen LogP contribution in [0.15, 0.2) is 41.1 Å². The highest BCUT2D eigenvalue weighted by Crippen LogP contribution is 2.28. The first-order valence-electron chi connectivity index (χ1n) is 7.93. The van der Waals surface area contributed by atoms with E-state index in [-0.39, 0.29) is 5.91 Å². The molecule has 26 heavy (non-hydrogen) atoms. The minimum absolute atomic E-state index is 0.225. The third-order valence-electron chi connectivity index (χ3n) is 4.02. The first kappa shape index (κ1) is 16.3. The number of hydrogen-bond acceptors (Lipinski definition) is 6. The maximum Gasteiger partial charge on any atom is 0.268 e. The molecule has 0 aliphatic carbocycles. The van der Waals surface area contributed by atoms with Gasteiger partial charge in [0.05, 0.1) is 12.8 Å². The van der Waals surface area contributed by atoms with Gasteiger partial charge in [0.15, 0.2) is 10.8 Å². The smallest absolute Gasteiger partial charge is 0.268 e. The Labute approximate surface area is 153 Å². The number of carbonyl (C=O) groups excluding carboxylic acids is 1. The molecule has 0 bridgehead atoms. The van der Waals surface area contributed by atoms with Gasteiger partial charge in [-0.25, -0.2) is 4.98 Å². The average Bonchev–Trinajstić information content (AvgIpc) is 3.32. The monoisotopic (exact) mass is 368 g/mol. The van der Waals surface area contributed by atoms with Crippen molar-refractivity contribution in [2.75, 3.05) is 12.4 Å². The topological polar surface area (TPSA) is 81.7 Å². The Morgan fingerprint density at radius 1 is 1.27 bits per heavy atom. The number of carbonyl (C=O) groups is 1. The van der Waals surface area contributed by atoms with Crippen molar-refractivity contribution in [2.45, 2.75) is 13.8 Å². The van der Waals surface area contributed by atoms with Crippen LogP contribution in [-0.4, -0.2) is 27.6 Å². The standard InChI is InChI=1S/C18H16N4O3S/c1-10-8-15(21-25-10)20-17(23)16-11(2)22-9-14(19-18(22)26-16)12-4-6-13(24-3)7-5-12/h4-9H,1-3H3,(H,20,21,23). The van der Waals surface area contributed by atoms with Crippen LogP contribution in [0.5, 0.6) is 5.75 Å². The van der Waals surface area contributed by atoms with Crippen molar-refractivity contribution in [3.63, 3.8) is 0 Å². The summed E-state index contributed by atoms with van der Waals surface area (Å²) in [5, 5.41) is 6.53. The molecular weight excluding hydrogens is 352 g/mol. The number of fused-ring (bicyclic) bond motifs is 1. The van der Waals surface area contributed by atoms with E-state index >= 15 is 0 Å². The molecule has 0 saturated carbocycles. The molecular formula is C18H16N4O3S. The van der Waals surface area contributed by atoms with Gasteiger partial charge in [-0.05, 0) is 38.1 Å². The Bertz CT molecular complexity index is 1090. The van der Waals surface area contributed by atoms with E-state index < -0.39 is 0 Å². The number of benzene rings is 1. The van der Waals surface area contributed by atoms with Gasteiger partial charge < -0.3 is 14.6 Å². The Morgan fingerprint density at radius 3 is 2.65 bits per heavy atom. The zero-order valence-corrected chi connectivity index (χ0v) is 15.3. The van der Waals surface area contributed by atoms with Gasteiger partial charge in [-0.3, -0.25) is 9.20 Å². The number of rotatable bonds is 4. The van der Waals surface area contributed by atoms with Crippen LogP contribution < -0.4 is 10.1 Å². The Hall–Kier alpha value is -3.13. The van der Waals surface area contributed by atoms with Crippen LogP contribution in [0, 0.1) is 13.8 Å². The normalized spacial score (nSPS) is 11.0. The zero-order chi connectivity index (χ0) is 18.3. The molecule has 132 valence electrons. The van der Waals surface area contributed by atoms with Gasteiger partial charge in [-0.2, -0.15) is 0 Å². The lowest BCUT2D eigenvalue weighted by atomic mass is 10.2. The number of methoxy groups -OCH3 is 1. The SMILES string of the molecule is COc1ccc(-c2cn3c(C)c(C(=O)Nc4cc(C)on4)sc3n2)cc1. The molecule has 4 aromatic rings. The summed E-state index contributed by atoms with van der Waals surface area (Å²) in [6, 6.07) is 9.39. The van der Waals surface area contributed by atoms with Crippen molar-refractivity contribution in [3.8, 4) is 17.0 Å². The first-order chi connectivity index (χ1) is 12.5. The van der Waals surface area contributed by atoms with Crippen LogP contribution >= 0.6 is 11.3 Å². The van der Waals surface area contributed by atoms with Crippen LogP contribution in [-0.2, 0) is 0 Å². The van der Waals surface area contributed by atoms with Gasteiger partial charge in [0.25, 0.3) is 5.91 Å². The molecule has 3 heterocycles. The fourth-order valence-electron chi connectivity index (χ4n) is 2.66. The summed E-state index contributed by atoms with van der Waals surface area (Å²) < 4.78 is 12.1. The third kappa shape index (κ3) is 2.84. The summed E-state index contributed by atoms with van der Waals surface area (Å²) in [7, 11) is 1.64. The lowest BCUT2D eigenvalue weighted by Crippen LogP contribution is -2.12. The Morgan fingerprint density at radius 2 is 2.04 bits per heavy atom. The number of nitrogens with zero attached hydrogens (tertiary/aromatic N) is 3. The third-order valence-corrected chi connectivity index (χ3v) is 5.17. The molecule has 0 unspecified atom stereocenters. The van der Waals surface area contributed by atoms with E-state index in [2.05, 4.69) is 15.5 Å². The maximum absolute atomic E-state index is 12.5. The summed E-state index contributed by atoms with van der Waals surface area (Å²) in [4.78, 5) is 18.5. The van der Waals surface area contributed by atoms with E-state index in [9.17, 15) is 4.79 Å². The molecule has 3 aromatic heterocycles. The zero-order valence-electron chi connectivity index (χ0n) is 14.4. The fourth-order valence-corrected chi connectivity index (χ4v) is 3.66. The number of aromatic nitrogens is 3. The largest absolute Gasteiger partial charge is 0.497 e. The molecule has 0 aliphatic rings. The summed E-state index contributed by atoms with van der Waals surface area (Å²) in [5.41, 5.74) is 2.67. The van der Waals surface area contributed by atoms with Gasteiger partial charge in [-0.15, -0.1) is 0 Å². The number of anilines is 1. The van der Waals surface area contributed by atoms with E-state index in [1.54, 1.807) is 20.1 Å². The van der Waals surface area contributed by atoms with Crippen LogP contribution in [0.25, 0.3) is 16.2 Å². The number of aryl methyl sites for hydroxylation is 2. The number of hydrogen-bond donors (Lipinski definition) is 1. The van der Waals surface area contributed by atoms with Crippen molar-refractivity contribution in [3.05, 3.63) is 52.9 Å². The van der Waals surface area contributed by atoms with Gasteiger partial charge >= 0.3 is 0 Å².